The first kappa shape index (κ1) is 24.9. The van der Waals surface area contributed by atoms with Crippen LogP contribution in [0.2, 0.25) is 0 Å². The zero-order valence-electron chi connectivity index (χ0n) is 19.6. The van der Waals surface area contributed by atoms with Gasteiger partial charge < -0.3 is 10.1 Å². The summed E-state index contributed by atoms with van der Waals surface area (Å²) in [5, 5.41) is 2.94. The van der Waals surface area contributed by atoms with Crippen LogP contribution in [0.25, 0.3) is 0 Å². The van der Waals surface area contributed by atoms with Gasteiger partial charge in [0.2, 0.25) is 15.9 Å². The van der Waals surface area contributed by atoms with Crippen molar-refractivity contribution < 1.29 is 22.3 Å². The van der Waals surface area contributed by atoms with E-state index in [4.69, 9.17) is 4.74 Å². The third-order valence-electron chi connectivity index (χ3n) is 6.16. The molecule has 1 heterocycles. The number of ether oxygens (including phenoxy) is 1. The van der Waals surface area contributed by atoms with Crippen LogP contribution in [-0.2, 0) is 28.0 Å². The summed E-state index contributed by atoms with van der Waals surface area (Å²) < 4.78 is 46.6. The number of rotatable bonds is 8. The maximum absolute atomic E-state index is 14.0. The Morgan fingerprint density at radius 2 is 1.71 bits per heavy atom. The monoisotopic (exact) mass is 496 g/mol. The number of carbonyl (C=O) groups excluding carboxylic acids is 1. The van der Waals surface area contributed by atoms with Crippen molar-refractivity contribution in [3.8, 4) is 5.75 Å². The van der Waals surface area contributed by atoms with E-state index in [1.54, 1.807) is 0 Å². The molecule has 0 aliphatic carbocycles. The molecule has 1 saturated heterocycles. The molecule has 0 unspecified atom stereocenters. The zero-order valence-corrected chi connectivity index (χ0v) is 20.4. The SMILES string of the molecule is Cc1cccc(COc2ccc(CNC(=O)C3CCN(S(=O)(=O)c4ccccc4F)CC3)cc2)c1. The van der Waals surface area contributed by atoms with Crippen LogP contribution >= 0.6 is 0 Å². The first-order valence-corrected chi connectivity index (χ1v) is 13.1. The number of nitrogens with one attached hydrogen (secondary N) is 1. The van der Waals surface area contributed by atoms with Gasteiger partial charge in [0, 0.05) is 25.6 Å². The van der Waals surface area contributed by atoms with Crippen molar-refractivity contribution in [3.63, 3.8) is 0 Å². The molecule has 0 spiro atoms. The number of hydrogen-bond acceptors (Lipinski definition) is 4. The average Bonchev–Trinajstić information content (AvgIpc) is 2.87. The molecule has 0 atom stereocenters. The molecule has 1 aliphatic rings. The van der Waals surface area contributed by atoms with Gasteiger partial charge in [-0.2, -0.15) is 4.31 Å². The van der Waals surface area contributed by atoms with Crippen molar-refractivity contribution >= 4 is 15.9 Å². The minimum absolute atomic E-state index is 0.104. The number of halogens is 1. The van der Waals surface area contributed by atoms with Gasteiger partial charge >= 0.3 is 0 Å². The molecule has 0 saturated carbocycles. The Kier molecular flexibility index (Phi) is 7.83. The highest BCUT2D eigenvalue weighted by Crippen LogP contribution is 2.25. The van der Waals surface area contributed by atoms with Gasteiger partial charge in [-0.3, -0.25) is 4.79 Å². The van der Waals surface area contributed by atoms with Crippen LogP contribution in [0.5, 0.6) is 5.75 Å². The molecule has 35 heavy (non-hydrogen) atoms. The molecule has 1 fully saturated rings. The number of piperidine rings is 1. The largest absolute Gasteiger partial charge is 0.489 e. The van der Waals surface area contributed by atoms with Crippen LogP contribution in [0.1, 0.15) is 29.5 Å². The summed E-state index contributed by atoms with van der Waals surface area (Å²) in [5.74, 6) is -0.393. The minimum Gasteiger partial charge on any atom is -0.489 e. The van der Waals surface area contributed by atoms with E-state index in [0.29, 0.717) is 26.0 Å². The molecule has 6 nitrogen and oxygen atoms in total. The quantitative estimate of drug-likeness (QED) is 0.501. The fourth-order valence-electron chi connectivity index (χ4n) is 4.16. The van der Waals surface area contributed by atoms with E-state index >= 15 is 0 Å². The molecule has 1 amide bonds. The van der Waals surface area contributed by atoms with Crippen LogP contribution in [0.15, 0.2) is 77.7 Å². The number of nitrogens with zero attached hydrogens (tertiary/aromatic N) is 1. The fourth-order valence-corrected chi connectivity index (χ4v) is 5.69. The van der Waals surface area contributed by atoms with E-state index in [-0.39, 0.29) is 29.8 Å². The van der Waals surface area contributed by atoms with Crippen LogP contribution in [-0.4, -0.2) is 31.7 Å². The number of aryl methyl sites for hydroxylation is 1. The van der Waals surface area contributed by atoms with E-state index < -0.39 is 15.8 Å². The molecule has 184 valence electrons. The molecular weight excluding hydrogens is 467 g/mol. The predicted octanol–water partition coefficient (Wildman–Crippen LogP) is 4.43. The second-order valence-corrected chi connectivity index (χ2v) is 10.7. The van der Waals surface area contributed by atoms with Gasteiger partial charge in [-0.25, -0.2) is 12.8 Å². The lowest BCUT2D eigenvalue weighted by Crippen LogP contribution is -2.43. The Bertz CT molecular complexity index is 1270. The van der Waals surface area contributed by atoms with E-state index in [9.17, 15) is 17.6 Å². The molecule has 0 radical (unpaired) electrons. The van der Waals surface area contributed by atoms with Crippen molar-refractivity contribution in [1.82, 2.24) is 9.62 Å². The molecule has 4 rings (SSSR count). The third-order valence-corrected chi connectivity index (χ3v) is 8.09. The summed E-state index contributed by atoms with van der Waals surface area (Å²) in [6.45, 7) is 3.28. The third kappa shape index (κ3) is 6.26. The van der Waals surface area contributed by atoms with Crippen molar-refractivity contribution in [2.24, 2.45) is 5.92 Å². The molecular formula is C27H29FN2O4S. The minimum atomic E-state index is -3.91. The second kappa shape index (κ2) is 11.0. The first-order valence-electron chi connectivity index (χ1n) is 11.6. The topological polar surface area (TPSA) is 75.7 Å². The first-order chi connectivity index (χ1) is 16.8. The average molecular weight is 497 g/mol. The molecule has 8 heteroatoms. The molecule has 3 aromatic rings. The summed E-state index contributed by atoms with van der Waals surface area (Å²) in [4.78, 5) is 12.3. The summed E-state index contributed by atoms with van der Waals surface area (Å²) in [6.07, 6.45) is 0.788. The summed E-state index contributed by atoms with van der Waals surface area (Å²) in [7, 11) is -3.91. The Hall–Kier alpha value is -3.23. The Morgan fingerprint density at radius 3 is 2.40 bits per heavy atom. The lowest BCUT2D eigenvalue weighted by Gasteiger charge is -2.30. The van der Waals surface area contributed by atoms with Crippen molar-refractivity contribution in [2.45, 2.75) is 37.8 Å². The normalized spacial score (nSPS) is 15.0. The highest BCUT2D eigenvalue weighted by molar-refractivity contribution is 7.89. The highest BCUT2D eigenvalue weighted by Gasteiger charge is 2.33. The molecule has 1 N–H and O–H groups in total. The van der Waals surface area contributed by atoms with E-state index in [1.165, 1.54) is 28.1 Å². The van der Waals surface area contributed by atoms with Crippen LogP contribution in [0.3, 0.4) is 0 Å². The lowest BCUT2D eigenvalue weighted by molar-refractivity contribution is -0.126. The van der Waals surface area contributed by atoms with Gasteiger partial charge in [0.05, 0.1) is 0 Å². The van der Waals surface area contributed by atoms with E-state index in [0.717, 1.165) is 22.9 Å². The Morgan fingerprint density at radius 1 is 1.00 bits per heavy atom. The zero-order chi connectivity index (χ0) is 24.8. The number of amides is 1. The summed E-state index contributed by atoms with van der Waals surface area (Å²) in [6, 6.07) is 21.1. The lowest BCUT2D eigenvalue weighted by atomic mass is 9.97. The van der Waals surface area contributed by atoms with E-state index in [1.807, 2.05) is 49.4 Å². The van der Waals surface area contributed by atoms with Crippen molar-refractivity contribution in [3.05, 3.63) is 95.3 Å². The van der Waals surface area contributed by atoms with E-state index in [2.05, 4.69) is 11.4 Å². The smallest absolute Gasteiger partial charge is 0.245 e. The summed E-state index contributed by atoms with van der Waals surface area (Å²) in [5.41, 5.74) is 3.24. The number of hydrogen-bond donors (Lipinski definition) is 1. The van der Waals surface area contributed by atoms with Gasteiger partial charge in [-0.05, 0) is 55.2 Å². The maximum atomic E-state index is 14.0. The van der Waals surface area contributed by atoms with Gasteiger partial charge in [0.25, 0.3) is 0 Å². The Labute approximate surface area is 205 Å². The predicted molar refractivity (Wildman–Crippen MR) is 132 cm³/mol. The van der Waals surface area contributed by atoms with Crippen LogP contribution in [0.4, 0.5) is 4.39 Å². The Balaban J connectivity index is 1.24. The van der Waals surface area contributed by atoms with Gasteiger partial charge in [0.15, 0.2) is 0 Å². The number of benzene rings is 3. The highest BCUT2D eigenvalue weighted by atomic mass is 32.2. The number of sulfonamides is 1. The van der Waals surface area contributed by atoms with Crippen molar-refractivity contribution in [1.29, 1.82) is 0 Å². The van der Waals surface area contributed by atoms with Gasteiger partial charge in [0.1, 0.15) is 23.1 Å². The van der Waals surface area contributed by atoms with Gasteiger partial charge in [-0.1, -0.05) is 54.1 Å². The van der Waals surface area contributed by atoms with Crippen molar-refractivity contribution in [2.75, 3.05) is 13.1 Å². The standard InChI is InChI=1S/C27H29FN2O4S/c1-20-5-4-6-22(17-20)19-34-24-11-9-21(10-12-24)18-29-27(31)23-13-15-30(16-14-23)35(32,33)26-8-3-2-7-25(26)28/h2-12,17,23H,13-16,18-19H2,1H3,(H,29,31). The molecule has 1 aliphatic heterocycles. The van der Waals surface area contributed by atoms with Crippen LogP contribution < -0.4 is 10.1 Å². The second-order valence-electron chi connectivity index (χ2n) is 8.75. The molecule has 3 aromatic carbocycles. The van der Waals surface area contributed by atoms with Crippen LogP contribution in [0, 0.1) is 18.7 Å². The molecule has 0 aromatic heterocycles. The summed E-state index contributed by atoms with van der Waals surface area (Å²) >= 11 is 0. The fraction of sp³-hybridized carbons (Fsp3) is 0.296. The molecule has 0 bridgehead atoms. The van der Waals surface area contributed by atoms with Gasteiger partial charge in [-0.15, -0.1) is 0 Å². The maximum Gasteiger partial charge on any atom is 0.245 e. The number of carbonyl (C=O) groups is 1.